The lowest BCUT2D eigenvalue weighted by Crippen LogP contribution is -2.51. The maximum absolute atomic E-state index is 14.2. The second kappa shape index (κ2) is 15.6. The van der Waals surface area contributed by atoms with Crippen molar-refractivity contribution in [3.05, 3.63) is 95.9 Å². The van der Waals surface area contributed by atoms with E-state index in [0.717, 1.165) is 33.5 Å². The van der Waals surface area contributed by atoms with Crippen LogP contribution in [0.15, 0.2) is 79.3 Å². The molecule has 2 heterocycles. The Labute approximate surface area is 324 Å². The van der Waals surface area contributed by atoms with Gasteiger partial charge in [0.15, 0.2) is 5.75 Å². The zero-order valence-electron chi connectivity index (χ0n) is 32.1. The highest BCUT2D eigenvalue weighted by atomic mass is 32.2. The number of hydrogen-bond acceptors (Lipinski definition) is 10. The Kier molecular flexibility index (Phi) is 11.8. The molecule has 5 aromatic rings. The van der Waals surface area contributed by atoms with E-state index in [9.17, 15) is 35.7 Å². The van der Waals surface area contributed by atoms with Crippen LogP contribution >= 0.6 is 7.14 Å². The molecular weight excluding hydrogens is 787 g/mol. The third-order valence-electron chi connectivity index (χ3n) is 9.86. The molecule has 0 saturated heterocycles. The third-order valence-corrected chi connectivity index (χ3v) is 18.3. The minimum absolute atomic E-state index is 0.00696. The molecule has 1 aliphatic rings. The van der Waals surface area contributed by atoms with E-state index in [0.29, 0.717) is 5.56 Å². The number of hydrogen-bond donors (Lipinski definition) is 1. The fraction of sp³-hybridized carbons (Fsp3) is 0.333. The highest BCUT2D eigenvalue weighted by molar-refractivity contribution is 7.88. The quantitative estimate of drug-likeness (QED) is 0.0475. The van der Waals surface area contributed by atoms with Gasteiger partial charge in [-0.05, 0) is 64.5 Å². The van der Waals surface area contributed by atoms with E-state index < -0.39 is 59.8 Å². The van der Waals surface area contributed by atoms with E-state index in [2.05, 4.69) is 14.2 Å². The lowest BCUT2D eigenvalue weighted by molar-refractivity contribution is -0.0499. The van der Waals surface area contributed by atoms with Crippen molar-refractivity contribution in [2.75, 3.05) is 13.3 Å². The SMILES string of the molecule is CC(C)[Si](Oc1c2c(c(OS(=O)(=O)C(F)(F)F)c3cncnc13)C(=O)N(Cc1ccc3ccccc3c1)C2=O)(C(C)C)C(C)C.CP(C)(=O)c1cccc(O)c1. The fourth-order valence-corrected chi connectivity index (χ4v) is 13.9. The first kappa shape index (κ1) is 42.4. The summed E-state index contributed by atoms with van der Waals surface area (Å²) in [5, 5.41) is 11.2. The van der Waals surface area contributed by atoms with Gasteiger partial charge >= 0.3 is 15.6 Å². The Hall–Kier alpha value is -4.79. The zero-order valence-corrected chi connectivity index (χ0v) is 34.8. The van der Waals surface area contributed by atoms with Gasteiger partial charge in [0.05, 0.1) is 17.5 Å². The van der Waals surface area contributed by atoms with Crippen LogP contribution in [0.2, 0.25) is 16.6 Å². The van der Waals surface area contributed by atoms with Gasteiger partial charge in [-0.15, -0.1) is 0 Å². The van der Waals surface area contributed by atoms with Gasteiger partial charge in [-0.2, -0.15) is 21.6 Å². The van der Waals surface area contributed by atoms with Gasteiger partial charge in [0.2, 0.25) is 0 Å². The average molecular weight is 830 g/mol. The molecule has 0 spiro atoms. The van der Waals surface area contributed by atoms with Gasteiger partial charge in [0, 0.05) is 11.5 Å². The number of alkyl halides is 3. The highest BCUT2D eigenvalue weighted by Crippen LogP contribution is 2.50. The van der Waals surface area contributed by atoms with E-state index in [1.165, 1.54) is 0 Å². The molecule has 0 saturated carbocycles. The largest absolute Gasteiger partial charge is 0.541 e. The number of phenols is 1. The van der Waals surface area contributed by atoms with E-state index in [1.807, 2.05) is 71.9 Å². The first-order valence-corrected chi connectivity index (χ1v) is 23.8. The molecule has 0 bridgehead atoms. The van der Waals surface area contributed by atoms with Crippen molar-refractivity contribution < 1.29 is 49.5 Å². The standard InChI is InChI=1S/C31H32F3N3O6SSi.C8H11O2P/c1-17(2)45(18(3)4,19(5)6)43-28-25-24(27(23-14-35-16-36-26(23)28)42-44(40,41)31(32,33)34)29(38)37(30(25)39)15-20-11-12-21-9-7-8-10-22(21)13-20;1-11(2,10)8-5-3-4-7(9)6-8/h7-14,16-19H,15H2,1-6H3;3-6,9H,1-2H3. The van der Waals surface area contributed by atoms with E-state index in [-0.39, 0.29) is 45.6 Å². The van der Waals surface area contributed by atoms with Crippen LogP contribution in [-0.2, 0) is 21.2 Å². The van der Waals surface area contributed by atoms with Crippen molar-refractivity contribution in [3.63, 3.8) is 0 Å². The van der Waals surface area contributed by atoms with Crippen LogP contribution in [0.4, 0.5) is 13.2 Å². The van der Waals surface area contributed by atoms with E-state index in [4.69, 9.17) is 9.53 Å². The number of fused-ring (bicyclic) bond motifs is 3. The number of nitrogens with zero attached hydrogens (tertiary/aromatic N) is 3. The molecule has 0 aliphatic carbocycles. The molecule has 0 fully saturated rings. The first-order chi connectivity index (χ1) is 26.0. The summed E-state index contributed by atoms with van der Waals surface area (Å²) in [6, 6.07) is 19.4. The Morgan fingerprint density at radius 3 is 1.96 bits per heavy atom. The number of amides is 2. The maximum Gasteiger partial charge on any atom is 0.534 e. The van der Waals surface area contributed by atoms with Crippen molar-refractivity contribution in [1.29, 1.82) is 0 Å². The van der Waals surface area contributed by atoms with Crippen molar-refractivity contribution in [2.24, 2.45) is 0 Å². The summed E-state index contributed by atoms with van der Waals surface area (Å²) in [4.78, 5) is 37.2. The third kappa shape index (κ3) is 8.05. The molecular formula is C39H43F3N3O8PSSi. The first-order valence-electron chi connectivity index (χ1n) is 17.7. The number of rotatable bonds is 10. The van der Waals surface area contributed by atoms with Crippen LogP contribution in [0.3, 0.4) is 0 Å². The van der Waals surface area contributed by atoms with Gasteiger partial charge < -0.3 is 18.3 Å². The Bertz CT molecular complexity index is 2470. The molecule has 0 atom stereocenters. The Morgan fingerprint density at radius 2 is 1.43 bits per heavy atom. The van der Waals surface area contributed by atoms with Gasteiger partial charge in [-0.1, -0.05) is 90.1 Å². The summed E-state index contributed by atoms with van der Waals surface area (Å²) in [6.45, 7) is 15.1. The minimum atomic E-state index is -6.26. The predicted octanol–water partition coefficient (Wildman–Crippen LogP) is 9.00. The summed E-state index contributed by atoms with van der Waals surface area (Å²) in [6.07, 6.45) is 2.14. The highest BCUT2D eigenvalue weighted by Gasteiger charge is 2.53. The van der Waals surface area contributed by atoms with Crippen molar-refractivity contribution >= 4 is 64.4 Å². The number of benzene rings is 4. The van der Waals surface area contributed by atoms with Crippen LogP contribution in [0.5, 0.6) is 17.2 Å². The number of halogens is 3. The molecule has 1 aliphatic heterocycles. The van der Waals surface area contributed by atoms with Crippen molar-refractivity contribution in [3.8, 4) is 17.2 Å². The van der Waals surface area contributed by atoms with Crippen LogP contribution in [0.25, 0.3) is 21.7 Å². The molecule has 6 rings (SSSR count). The molecule has 2 amide bonds. The number of aromatic hydroxyl groups is 1. The molecule has 1 aromatic heterocycles. The van der Waals surface area contributed by atoms with E-state index >= 15 is 0 Å². The predicted molar refractivity (Wildman–Crippen MR) is 212 cm³/mol. The smallest absolute Gasteiger partial charge is 0.534 e. The van der Waals surface area contributed by atoms with Crippen molar-refractivity contribution in [1.82, 2.24) is 14.9 Å². The summed E-state index contributed by atoms with van der Waals surface area (Å²) in [5.74, 6) is -2.80. The molecule has 0 unspecified atom stereocenters. The maximum atomic E-state index is 14.2. The number of carbonyl (C=O) groups is 2. The van der Waals surface area contributed by atoms with Gasteiger partial charge in [0.1, 0.15) is 36.0 Å². The molecule has 11 nitrogen and oxygen atoms in total. The second-order valence-electron chi connectivity index (χ2n) is 14.8. The van der Waals surface area contributed by atoms with Gasteiger partial charge in [-0.3, -0.25) is 14.5 Å². The normalized spacial score (nSPS) is 13.8. The minimum Gasteiger partial charge on any atom is -0.541 e. The number of phenolic OH excluding ortho intramolecular Hbond substituents is 1. The van der Waals surface area contributed by atoms with Crippen molar-refractivity contribution in [2.45, 2.75) is 70.2 Å². The van der Waals surface area contributed by atoms with Crippen LogP contribution in [0.1, 0.15) is 67.8 Å². The summed E-state index contributed by atoms with van der Waals surface area (Å²) in [5.41, 5.74) is -6.45. The summed E-state index contributed by atoms with van der Waals surface area (Å²) < 4.78 is 88.4. The number of imide groups is 1. The molecule has 1 N–H and O–H groups in total. The lowest BCUT2D eigenvalue weighted by Gasteiger charge is -2.42. The Morgan fingerprint density at radius 1 is 0.839 bits per heavy atom. The molecule has 0 radical (unpaired) electrons. The summed E-state index contributed by atoms with van der Waals surface area (Å²) >= 11 is 0. The fourth-order valence-electron chi connectivity index (χ4n) is 7.29. The number of aromatic nitrogens is 2. The Balaban J connectivity index is 0.000000470. The van der Waals surface area contributed by atoms with Crippen LogP contribution < -0.4 is 13.9 Å². The lowest BCUT2D eigenvalue weighted by atomic mass is 10.0. The summed E-state index contributed by atoms with van der Waals surface area (Å²) in [7, 11) is -11.4. The molecule has 56 heavy (non-hydrogen) atoms. The number of carbonyl (C=O) groups excluding carboxylic acids is 2. The van der Waals surface area contributed by atoms with Crippen LogP contribution in [-0.4, -0.2) is 67.4 Å². The molecule has 298 valence electrons. The van der Waals surface area contributed by atoms with Gasteiger partial charge in [0.25, 0.3) is 20.1 Å². The zero-order chi connectivity index (χ0) is 41.5. The molecule has 4 aromatic carbocycles. The average Bonchev–Trinajstić information content (AvgIpc) is 3.35. The van der Waals surface area contributed by atoms with Gasteiger partial charge in [-0.25, -0.2) is 9.97 Å². The second-order valence-corrected chi connectivity index (χ2v) is 25.0. The van der Waals surface area contributed by atoms with Crippen LogP contribution in [0, 0.1) is 0 Å². The van der Waals surface area contributed by atoms with E-state index in [1.54, 1.807) is 49.7 Å². The molecule has 17 heteroatoms. The monoisotopic (exact) mass is 829 g/mol. The topological polar surface area (TPSA) is 153 Å².